The lowest BCUT2D eigenvalue weighted by Gasteiger charge is -2.12. The zero-order valence-electron chi connectivity index (χ0n) is 17.4. The van der Waals surface area contributed by atoms with E-state index in [1.165, 1.54) is 35.2 Å². The Kier molecular flexibility index (Phi) is 7.20. The van der Waals surface area contributed by atoms with Crippen LogP contribution < -0.4 is 16.0 Å². The van der Waals surface area contributed by atoms with Gasteiger partial charge in [-0.05, 0) is 50.5 Å². The van der Waals surface area contributed by atoms with Crippen LogP contribution in [0.3, 0.4) is 0 Å². The number of primary sulfonamides is 1. The lowest BCUT2D eigenvalue weighted by Crippen LogP contribution is -2.32. The van der Waals surface area contributed by atoms with Gasteiger partial charge in [0.1, 0.15) is 10.7 Å². The summed E-state index contributed by atoms with van der Waals surface area (Å²) in [6.45, 7) is 6.11. The smallest absolute Gasteiger partial charge is 0.259 e. The summed E-state index contributed by atoms with van der Waals surface area (Å²) >= 11 is 2.89. The lowest BCUT2D eigenvalue weighted by molar-refractivity contribution is -0.120. The van der Waals surface area contributed by atoms with Crippen molar-refractivity contribution in [1.82, 2.24) is 15.3 Å². The molecule has 2 aromatic heterocycles. The van der Waals surface area contributed by atoms with Gasteiger partial charge in [0, 0.05) is 11.4 Å². The van der Waals surface area contributed by atoms with E-state index in [2.05, 4.69) is 15.3 Å². The van der Waals surface area contributed by atoms with Gasteiger partial charge in [-0.3, -0.25) is 9.59 Å². The number of amides is 1. The number of benzene rings is 1. The highest BCUT2D eigenvalue weighted by molar-refractivity contribution is 7.99. The van der Waals surface area contributed by atoms with Gasteiger partial charge in [-0.2, -0.15) is 0 Å². The summed E-state index contributed by atoms with van der Waals surface area (Å²) in [5, 5.41) is 8.27. The molecule has 3 rings (SSSR count). The maximum Gasteiger partial charge on any atom is 0.259 e. The van der Waals surface area contributed by atoms with Gasteiger partial charge < -0.3 is 10.3 Å². The third kappa shape index (κ3) is 5.73. The van der Waals surface area contributed by atoms with Crippen LogP contribution in [-0.4, -0.2) is 36.1 Å². The molecule has 0 aliphatic carbocycles. The number of H-pyrrole nitrogens is 1. The number of hydrogen-bond donors (Lipinski definition) is 3. The molecule has 0 aliphatic rings. The lowest BCUT2D eigenvalue weighted by atomic mass is 10.1. The molecule has 3 aromatic rings. The number of sulfonamides is 1. The van der Waals surface area contributed by atoms with E-state index in [1.807, 2.05) is 13.8 Å². The Morgan fingerprint density at radius 3 is 2.61 bits per heavy atom. The molecule has 0 spiro atoms. The number of nitrogens with two attached hydrogens (primary N) is 1. The van der Waals surface area contributed by atoms with Gasteiger partial charge in [-0.1, -0.05) is 12.1 Å². The van der Waals surface area contributed by atoms with Crippen molar-refractivity contribution in [2.75, 3.05) is 6.54 Å². The Hall–Kier alpha value is -2.21. The fraction of sp³-hybridized carbons (Fsp3) is 0.350. The van der Waals surface area contributed by atoms with Crippen LogP contribution in [-0.2, 0) is 27.0 Å². The highest BCUT2D eigenvalue weighted by atomic mass is 32.2. The molecule has 1 amide bonds. The van der Waals surface area contributed by atoms with Crippen molar-refractivity contribution in [2.45, 2.75) is 43.1 Å². The molecule has 31 heavy (non-hydrogen) atoms. The van der Waals surface area contributed by atoms with E-state index in [0.717, 1.165) is 20.8 Å². The largest absolute Gasteiger partial charge is 0.355 e. The third-order valence-corrected chi connectivity index (χ3v) is 8.08. The van der Waals surface area contributed by atoms with Crippen LogP contribution in [0.15, 0.2) is 34.0 Å². The second-order valence-electron chi connectivity index (χ2n) is 7.16. The van der Waals surface area contributed by atoms with Crippen molar-refractivity contribution in [3.05, 3.63) is 56.4 Å². The van der Waals surface area contributed by atoms with Crippen LogP contribution in [0.4, 0.5) is 0 Å². The van der Waals surface area contributed by atoms with E-state index in [0.29, 0.717) is 29.9 Å². The number of thiophene rings is 1. The van der Waals surface area contributed by atoms with Crippen molar-refractivity contribution in [1.29, 1.82) is 0 Å². The molecule has 0 bridgehead atoms. The predicted molar refractivity (Wildman–Crippen MR) is 125 cm³/mol. The first-order valence-corrected chi connectivity index (χ1v) is 13.0. The van der Waals surface area contributed by atoms with E-state index in [1.54, 1.807) is 19.1 Å². The molecule has 166 valence electrons. The summed E-state index contributed by atoms with van der Waals surface area (Å²) in [7, 11) is -3.71. The molecular formula is C20H24N4O4S3. The maximum absolute atomic E-state index is 12.3. The number of aromatic nitrogens is 2. The molecule has 8 nitrogen and oxygen atoms in total. The summed E-state index contributed by atoms with van der Waals surface area (Å²) in [5.74, 6) is 0.862. The first kappa shape index (κ1) is 23.5. The molecule has 4 N–H and O–H groups in total. The topological polar surface area (TPSA) is 135 Å². The predicted octanol–water partition coefficient (Wildman–Crippen LogP) is 2.23. The molecule has 1 atom stereocenters. The summed E-state index contributed by atoms with van der Waals surface area (Å²) < 4.78 is 22.6. The van der Waals surface area contributed by atoms with Crippen molar-refractivity contribution in [3.8, 4) is 0 Å². The zero-order chi connectivity index (χ0) is 22.8. The molecule has 2 heterocycles. The van der Waals surface area contributed by atoms with E-state index in [4.69, 9.17) is 5.14 Å². The van der Waals surface area contributed by atoms with Gasteiger partial charge in [0.05, 0.1) is 21.3 Å². The average Bonchev–Trinajstić information content (AvgIpc) is 2.99. The van der Waals surface area contributed by atoms with Crippen LogP contribution in [0.2, 0.25) is 0 Å². The quantitative estimate of drug-likeness (QED) is 0.452. The van der Waals surface area contributed by atoms with E-state index < -0.39 is 10.0 Å². The summed E-state index contributed by atoms with van der Waals surface area (Å²) in [4.78, 5) is 33.9. The van der Waals surface area contributed by atoms with Gasteiger partial charge in [0.25, 0.3) is 5.56 Å². The molecule has 0 saturated carbocycles. The Bertz CT molecular complexity index is 1260. The van der Waals surface area contributed by atoms with Crippen LogP contribution in [0.5, 0.6) is 0 Å². The molecule has 1 unspecified atom stereocenters. The number of rotatable bonds is 8. The van der Waals surface area contributed by atoms with E-state index in [9.17, 15) is 18.0 Å². The fourth-order valence-electron chi connectivity index (χ4n) is 2.97. The second-order valence-corrected chi connectivity index (χ2v) is 11.3. The number of aryl methyl sites for hydroxylation is 2. The van der Waals surface area contributed by atoms with Gasteiger partial charge in [0.2, 0.25) is 15.9 Å². The summed E-state index contributed by atoms with van der Waals surface area (Å²) in [6.07, 6.45) is 0.566. The fourth-order valence-corrected chi connectivity index (χ4v) is 5.31. The Morgan fingerprint density at radius 1 is 1.29 bits per heavy atom. The van der Waals surface area contributed by atoms with Crippen LogP contribution in [0, 0.1) is 13.8 Å². The SMILES string of the molecule is Cc1sc2nc(CSC(C)C(=O)NCCc3ccc(S(N)(=O)=O)cc3)[nH]c(=O)c2c1C. The average molecular weight is 481 g/mol. The number of carbonyl (C=O) groups excluding carboxylic acids is 1. The van der Waals surface area contributed by atoms with Crippen LogP contribution in [0.25, 0.3) is 10.2 Å². The monoisotopic (exact) mass is 480 g/mol. The van der Waals surface area contributed by atoms with Crippen molar-refractivity contribution >= 4 is 49.2 Å². The van der Waals surface area contributed by atoms with Gasteiger partial charge in [0.15, 0.2) is 0 Å². The number of nitrogens with zero attached hydrogens (tertiary/aromatic N) is 1. The normalized spacial score (nSPS) is 12.8. The molecular weight excluding hydrogens is 456 g/mol. The van der Waals surface area contributed by atoms with Crippen LogP contribution in [0.1, 0.15) is 28.8 Å². The Labute approximate surface area is 188 Å². The number of thioether (sulfide) groups is 1. The Morgan fingerprint density at radius 2 is 1.97 bits per heavy atom. The van der Waals surface area contributed by atoms with Gasteiger partial charge >= 0.3 is 0 Å². The number of aromatic amines is 1. The number of nitrogens with one attached hydrogen (secondary N) is 2. The van der Waals surface area contributed by atoms with Gasteiger partial charge in [-0.15, -0.1) is 23.1 Å². The minimum atomic E-state index is -3.71. The van der Waals surface area contributed by atoms with Crippen LogP contribution >= 0.6 is 23.1 Å². The number of fused-ring (bicyclic) bond motifs is 1. The van der Waals surface area contributed by atoms with Crippen molar-refractivity contribution in [2.24, 2.45) is 5.14 Å². The molecule has 1 aromatic carbocycles. The van der Waals surface area contributed by atoms with Crippen molar-refractivity contribution in [3.63, 3.8) is 0 Å². The first-order chi connectivity index (χ1) is 14.6. The third-order valence-electron chi connectivity index (χ3n) is 4.89. The minimum absolute atomic E-state index is 0.0583. The zero-order valence-corrected chi connectivity index (χ0v) is 19.8. The molecule has 0 radical (unpaired) electrons. The second kappa shape index (κ2) is 9.51. The standard InChI is InChI=1S/C20H24N4O4S3/c1-11-12(2)30-20-17(11)19(26)23-16(24-20)10-29-13(3)18(25)22-9-8-14-4-6-15(7-5-14)31(21,27)28/h4-7,13H,8-10H2,1-3H3,(H,22,25)(H2,21,27,28)(H,23,24,26). The maximum atomic E-state index is 12.3. The van der Waals surface area contributed by atoms with Crippen molar-refractivity contribution < 1.29 is 13.2 Å². The summed E-state index contributed by atoms with van der Waals surface area (Å²) in [6, 6.07) is 6.25. The highest BCUT2D eigenvalue weighted by Crippen LogP contribution is 2.26. The Balaban J connectivity index is 1.51. The first-order valence-electron chi connectivity index (χ1n) is 9.56. The number of hydrogen-bond acceptors (Lipinski definition) is 7. The highest BCUT2D eigenvalue weighted by Gasteiger charge is 2.16. The van der Waals surface area contributed by atoms with E-state index >= 15 is 0 Å². The minimum Gasteiger partial charge on any atom is -0.355 e. The van der Waals surface area contributed by atoms with E-state index in [-0.39, 0.29) is 21.6 Å². The molecule has 0 saturated heterocycles. The molecule has 11 heteroatoms. The number of carbonyl (C=O) groups is 1. The summed E-state index contributed by atoms with van der Waals surface area (Å²) in [5.41, 5.74) is 1.71. The molecule has 0 aliphatic heterocycles. The molecule has 0 fully saturated rings. The van der Waals surface area contributed by atoms with Gasteiger partial charge in [-0.25, -0.2) is 18.5 Å².